The SMILES string of the molecule is C=C(F)C(=O)Nc1cc2c(Nc3ccc(OCc4ccccn4)c(Cl)c3)c(C#N)cnc2cc1OCC. The van der Waals surface area contributed by atoms with Gasteiger partial charge < -0.3 is 20.1 Å². The zero-order chi connectivity index (χ0) is 26.4. The number of aromatic nitrogens is 2. The van der Waals surface area contributed by atoms with Crippen molar-refractivity contribution in [1.82, 2.24) is 9.97 Å². The molecule has 0 spiro atoms. The molecule has 1 amide bonds. The van der Waals surface area contributed by atoms with Gasteiger partial charge >= 0.3 is 0 Å². The molecule has 2 aromatic carbocycles. The number of halogens is 2. The topological polar surface area (TPSA) is 109 Å². The van der Waals surface area contributed by atoms with Gasteiger partial charge in [-0.3, -0.25) is 14.8 Å². The summed E-state index contributed by atoms with van der Waals surface area (Å²) in [6.45, 7) is 5.35. The summed E-state index contributed by atoms with van der Waals surface area (Å²) < 4.78 is 24.7. The second-order valence-corrected chi connectivity index (χ2v) is 8.10. The van der Waals surface area contributed by atoms with Crippen LogP contribution in [0.5, 0.6) is 11.5 Å². The number of nitrogens with zero attached hydrogens (tertiary/aromatic N) is 3. The quantitative estimate of drug-likeness (QED) is 0.251. The van der Waals surface area contributed by atoms with E-state index in [0.29, 0.717) is 45.4 Å². The zero-order valence-electron chi connectivity index (χ0n) is 19.7. The van der Waals surface area contributed by atoms with Crippen molar-refractivity contribution >= 4 is 45.5 Å². The van der Waals surface area contributed by atoms with Gasteiger partial charge in [0.25, 0.3) is 5.91 Å². The highest BCUT2D eigenvalue weighted by Crippen LogP contribution is 2.37. The fourth-order valence-electron chi connectivity index (χ4n) is 3.48. The Morgan fingerprint density at radius 2 is 2.00 bits per heavy atom. The lowest BCUT2D eigenvalue weighted by molar-refractivity contribution is -0.114. The summed E-state index contributed by atoms with van der Waals surface area (Å²) in [5.74, 6) is -1.39. The molecule has 0 aliphatic rings. The smallest absolute Gasteiger partial charge is 0.283 e. The van der Waals surface area contributed by atoms with Gasteiger partial charge in [-0.05, 0) is 43.3 Å². The maximum atomic E-state index is 13.4. The Hall–Kier alpha value is -4.68. The second-order valence-electron chi connectivity index (χ2n) is 7.70. The largest absolute Gasteiger partial charge is 0.492 e. The van der Waals surface area contributed by atoms with E-state index in [9.17, 15) is 14.4 Å². The summed E-state index contributed by atoms with van der Waals surface area (Å²) in [6, 6.07) is 15.9. The average Bonchev–Trinajstić information content (AvgIpc) is 2.89. The van der Waals surface area contributed by atoms with Crippen LogP contribution >= 0.6 is 11.6 Å². The van der Waals surface area contributed by atoms with Crippen molar-refractivity contribution in [2.75, 3.05) is 17.2 Å². The molecule has 186 valence electrons. The van der Waals surface area contributed by atoms with Crippen LogP contribution in [0.15, 0.2) is 73.3 Å². The molecular formula is C27H21ClFN5O3. The first-order chi connectivity index (χ1) is 17.9. The first-order valence-electron chi connectivity index (χ1n) is 11.1. The molecule has 37 heavy (non-hydrogen) atoms. The number of rotatable bonds is 9. The third kappa shape index (κ3) is 5.94. The number of anilines is 3. The molecular weight excluding hydrogens is 497 g/mol. The van der Waals surface area contributed by atoms with Gasteiger partial charge in [-0.2, -0.15) is 5.26 Å². The standard InChI is InChI=1S/C27H21ClFN5O3/c1-3-36-25-12-22-20(11-23(25)34-27(35)16(2)29)26(17(13-30)14-32-22)33-18-7-8-24(21(28)10-18)37-15-19-6-4-5-9-31-19/h4-12,14H,2-3,15H2,1H3,(H,32,33)(H,34,35). The minimum atomic E-state index is -1.15. The molecule has 4 aromatic rings. The van der Waals surface area contributed by atoms with Crippen LogP contribution in [0.3, 0.4) is 0 Å². The monoisotopic (exact) mass is 517 g/mol. The number of pyridine rings is 2. The molecule has 0 radical (unpaired) electrons. The lowest BCUT2D eigenvalue weighted by Gasteiger charge is -2.16. The number of ether oxygens (including phenoxy) is 2. The molecule has 10 heteroatoms. The summed E-state index contributed by atoms with van der Waals surface area (Å²) in [5, 5.41) is 16.2. The lowest BCUT2D eigenvalue weighted by Crippen LogP contribution is -2.12. The van der Waals surface area contributed by atoms with Gasteiger partial charge in [0.15, 0.2) is 5.83 Å². The molecule has 0 bridgehead atoms. The van der Waals surface area contributed by atoms with E-state index in [1.54, 1.807) is 43.5 Å². The first kappa shape index (κ1) is 25.4. The summed E-state index contributed by atoms with van der Waals surface area (Å²) >= 11 is 6.45. The Kier molecular flexibility index (Phi) is 7.81. The van der Waals surface area contributed by atoms with E-state index in [4.69, 9.17) is 21.1 Å². The van der Waals surface area contributed by atoms with E-state index < -0.39 is 11.7 Å². The van der Waals surface area contributed by atoms with Crippen molar-refractivity contribution < 1.29 is 18.7 Å². The predicted molar refractivity (Wildman–Crippen MR) is 140 cm³/mol. The average molecular weight is 518 g/mol. The van der Waals surface area contributed by atoms with Crippen LogP contribution in [0.2, 0.25) is 5.02 Å². The van der Waals surface area contributed by atoms with Crippen LogP contribution in [0, 0.1) is 11.3 Å². The molecule has 0 saturated carbocycles. The Balaban J connectivity index is 1.68. The number of nitriles is 1. The third-order valence-electron chi connectivity index (χ3n) is 5.19. The van der Waals surface area contributed by atoms with Gasteiger partial charge in [-0.1, -0.05) is 24.2 Å². The molecule has 0 atom stereocenters. The highest BCUT2D eigenvalue weighted by molar-refractivity contribution is 6.32. The molecule has 2 heterocycles. The lowest BCUT2D eigenvalue weighted by atomic mass is 10.1. The van der Waals surface area contributed by atoms with Crippen LogP contribution in [0.4, 0.5) is 21.5 Å². The number of carbonyl (C=O) groups excluding carboxylic acids is 1. The highest BCUT2D eigenvalue weighted by Gasteiger charge is 2.17. The van der Waals surface area contributed by atoms with Crippen molar-refractivity contribution in [3.05, 3.63) is 89.6 Å². The summed E-state index contributed by atoms with van der Waals surface area (Å²) in [6.07, 6.45) is 3.11. The van der Waals surface area contributed by atoms with E-state index in [1.165, 1.54) is 6.20 Å². The third-order valence-corrected chi connectivity index (χ3v) is 5.48. The minimum absolute atomic E-state index is 0.203. The number of amides is 1. The van der Waals surface area contributed by atoms with Crippen molar-refractivity contribution in [1.29, 1.82) is 5.26 Å². The number of benzene rings is 2. The molecule has 8 nitrogen and oxygen atoms in total. The van der Waals surface area contributed by atoms with Crippen molar-refractivity contribution in [3.8, 4) is 17.6 Å². The number of hydrogen-bond donors (Lipinski definition) is 2. The maximum absolute atomic E-state index is 13.4. The van der Waals surface area contributed by atoms with Gasteiger partial charge in [-0.25, -0.2) is 4.39 Å². The Morgan fingerprint density at radius 1 is 1.16 bits per heavy atom. The number of carbonyl (C=O) groups is 1. The van der Waals surface area contributed by atoms with Gasteiger partial charge in [0.1, 0.15) is 24.2 Å². The van der Waals surface area contributed by atoms with Crippen LogP contribution in [-0.2, 0) is 11.4 Å². The molecule has 0 fully saturated rings. The minimum Gasteiger partial charge on any atom is -0.492 e. The molecule has 2 N–H and O–H groups in total. The zero-order valence-corrected chi connectivity index (χ0v) is 20.5. The van der Waals surface area contributed by atoms with Gasteiger partial charge in [0.05, 0.1) is 39.8 Å². The Labute approximate surface area is 217 Å². The van der Waals surface area contributed by atoms with Gasteiger partial charge in [0, 0.05) is 29.5 Å². The fourth-order valence-corrected chi connectivity index (χ4v) is 3.71. The Morgan fingerprint density at radius 3 is 2.68 bits per heavy atom. The predicted octanol–water partition coefficient (Wildman–Crippen LogP) is 6.30. The molecule has 2 aromatic heterocycles. The van der Waals surface area contributed by atoms with Crippen LogP contribution in [-0.4, -0.2) is 22.5 Å². The fraction of sp³-hybridized carbons (Fsp3) is 0.111. The molecule has 0 aliphatic carbocycles. The van der Waals surface area contributed by atoms with Crippen molar-refractivity contribution in [2.45, 2.75) is 13.5 Å². The normalized spacial score (nSPS) is 10.4. The number of hydrogen-bond acceptors (Lipinski definition) is 7. The van der Waals surface area contributed by atoms with Crippen molar-refractivity contribution in [2.24, 2.45) is 0 Å². The first-order valence-corrected chi connectivity index (χ1v) is 11.5. The van der Waals surface area contributed by atoms with E-state index in [2.05, 4.69) is 33.2 Å². The molecule has 0 saturated heterocycles. The van der Waals surface area contributed by atoms with Gasteiger partial charge in [0.2, 0.25) is 0 Å². The number of fused-ring (bicyclic) bond motifs is 1. The molecule has 0 unspecified atom stereocenters. The van der Waals surface area contributed by atoms with E-state index in [-0.39, 0.29) is 17.9 Å². The Bertz CT molecular complexity index is 1520. The summed E-state index contributed by atoms with van der Waals surface area (Å²) in [4.78, 5) is 20.5. The molecule has 0 aliphatic heterocycles. The van der Waals surface area contributed by atoms with E-state index in [0.717, 1.165) is 5.69 Å². The summed E-state index contributed by atoms with van der Waals surface area (Å²) in [7, 11) is 0. The number of nitrogens with one attached hydrogen (secondary N) is 2. The maximum Gasteiger partial charge on any atom is 0.283 e. The summed E-state index contributed by atoms with van der Waals surface area (Å²) in [5.41, 5.74) is 2.70. The second kappa shape index (κ2) is 11.4. The highest BCUT2D eigenvalue weighted by atomic mass is 35.5. The van der Waals surface area contributed by atoms with Crippen LogP contribution < -0.4 is 20.1 Å². The van der Waals surface area contributed by atoms with Crippen LogP contribution in [0.1, 0.15) is 18.2 Å². The van der Waals surface area contributed by atoms with Crippen LogP contribution in [0.25, 0.3) is 10.9 Å². The van der Waals surface area contributed by atoms with Gasteiger partial charge in [-0.15, -0.1) is 0 Å². The molecule has 4 rings (SSSR count). The van der Waals surface area contributed by atoms with Crippen molar-refractivity contribution in [3.63, 3.8) is 0 Å². The van der Waals surface area contributed by atoms with E-state index >= 15 is 0 Å². The van der Waals surface area contributed by atoms with E-state index in [1.807, 2.05) is 18.2 Å².